The number of carboxylic acid groups (broad SMARTS) is 1. The highest BCUT2D eigenvalue weighted by atomic mass is 16.5. The molecule has 0 bridgehead atoms. The molecule has 2 fully saturated rings. The van der Waals surface area contributed by atoms with Crippen molar-refractivity contribution in [1.29, 1.82) is 0 Å². The number of carbonyl (C=O) groups is 1. The number of hydrogen-bond donors (Lipinski definition) is 1. The van der Waals surface area contributed by atoms with E-state index in [1.807, 2.05) is 0 Å². The predicted molar refractivity (Wildman–Crippen MR) is 47.5 cm³/mol. The van der Waals surface area contributed by atoms with E-state index in [0.29, 0.717) is 12.3 Å². The van der Waals surface area contributed by atoms with E-state index < -0.39 is 5.97 Å². The minimum atomic E-state index is -0.647. The molecule has 1 saturated heterocycles. The molecule has 13 heavy (non-hydrogen) atoms. The van der Waals surface area contributed by atoms with Gasteiger partial charge in [-0.3, -0.25) is 4.79 Å². The first-order valence-corrected chi connectivity index (χ1v) is 5.02. The summed E-state index contributed by atoms with van der Waals surface area (Å²) in [5.74, 6) is -0.135. The molecule has 1 saturated carbocycles. The summed E-state index contributed by atoms with van der Waals surface area (Å²) in [5.41, 5.74) is 0.0995. The van der Waals surface area contributed by atoms with Crippen LogP contribution in [0.1, 0.15) is 32.1 Å². The fraction of sp³-hybridized carbons (Fsp3) is 0.900. The van der Waals surface area contributed by atoms with Gasteiger partial charge in [-0.2, -0.15) is 0 Å². The maximum Gasteiger partial charge on any atom is 0.303 e. The van der Waals surface area contributed by atoms with Gasteiger partial charge in [-0.05, 0) is 30.6 Å². The monoisotopic (exact) mass is 184 g/mol. The van der Waals surface area contributed by atoms with Crippen molar-refractivity contribution in [2.45, 2.75) is 32.1 Å². The molecule has 0 aromatic rings. The lowest BCUT2D eigenvalue weighted by Gasteiger charge is -2.45. The number of rotatable bonds is 3. The van der Waals surface area contributed by atoms with Crippen molar-refractivity contribution in [3.63, 3.8) is 0 Å². The molecule has 0 aromatic carbocycles. The van der Waals surface area contributed by atoms with Crippen LogP contribution in [-0.4, -0.2) is 24.3 Å². The highest BCUT2D eigenvalue weighted by Crippen LogP contribution is 2.52. The van der Waals surface area contributed by atoms with E-state index in [1.165, 1.54) is 6.42 Å². The highest BCUT2D eigenvalue weighted by molar-refractivity contribution is 5.68. The van der Waals surface area contributed by atoms with Gasteiger partial charge >= 0.3 is 5.97 Å². The van der Waals surface area contributed by atoms with E-state index in [4.69, 9.17) is 9.84 Å². The zero-order valence-corrected chi connectivity index (χ0v) is 7.79. The van der Waals surface area contributed by atoms with Gasteiger partial charge < -0.3 is 9.84 Å². The summed E-state index contributed by atoms with van der Waals surface area (Å²) in [7, 11) is 0. The average molecular weight is 184 g/mol. The molecular weight excluding hydrogens is 168 g/mol. The smallest absolute Gasteiger partial charge is 0.303 e. The van der Waals surface area contributed by atoms with Crippen molar-refractivity contribution in [1.82, 2.24) is 0 Å². The molecule has 1 aliphatic heterocycles. The summed E-state index contributed by atoms with van der Waals surface area (Å²) in [5, 5.41) is 8.83. The molecule has 3 nitrogen and oxygen atoms in total. The SMILES string of the molecule is O=C(O)CC1(C2CCOC2)CCC1. The van der Waals surface area contributed by atoms with Crippen LogP contribution in [0.15, 0.2) is 0 Å². The molecule has 2 aliphatic rings. The number of aliphatic carboxylic acids is 1. The molecule has 1 heterocycles. The molecule has 0 spiro atoms. The predicted octanol–water partition coefficient (Wildman–Crippen LogP) is 1.67. The van der Waals surface area contributed by atoms with Crippen LogP contribution in [0.5, 0.6) is 0 Å². The van der Waals surface area contributed by atoms with Crippen molar-refractivity contribution in [2.24, 2.45) is 11.3 Å². The first kappa shape index (κ1) is 9.00. The van der Waals surface area contributed by atoms with E-state index in [9.17, 15) is 4.79 Å². The third-order valence-electron chi connectivity index (χ3n) is 3.65. The maximum atomic E-state index is 10.7. The van der Waals surface area contributed by atoms with Gasteiger partial charge in [0.2, 0.25) is 0 Å². The Hall–Kier alpha value is -0.570. The Morgan fingerprint density at radius 1 is 1.54 bits per heavy atom. The molecule has 0 aromatic heterocycles. The van der Waals surface area contributed by atoms with Crippen molar-refractivity contribution < 1.29 is 14.6 Å². The van der Waals surface area contributed by atoms with E-state index in [-0.39, 0.29) is 5.41 Å². The fourth-order valence-corrected chi connectivity index (χ4v) is 2.68. The van der Waals surface area contributed by atoms with E-state index in [1.54, 1.807) is 0 Å². The molecule has 1 aliphatic carbocycles. The van der Waals surface area contributed by atoms with Crippen LogP contribution in [0.2, 0.25) is 0 Å². The van der Waals surface area contributed by atoms with E-state index in [0.717, 1.165) is 32.5 Å². The second-order valence-corrected chi connectivity index (χ2v) is 4.35. The second-order valence-electron chi connectivity index (χ2n) is 4.35. The summed E-state index contributed by atoms with van der Waals surface area (Å²) >= 11 is 0. The van der Waals surface area contributed by atoms with Crippen LogP contribution in [-0.2, 0) is 9.53 Å². The first-order valence-electron chi connectivity index (χ1n) is 5.02. The van der Waals surface area contributed by atoms with Crippen molar-refractivity contribution in [3.05, 3.63) is 0 Å². The lowest BCUT2D eigenvalue weighted by molar-refractivity contribution is -0.143. The second kappa shape index (κ2) is 3.29. The van der Waals surface area contributed by atoms with Gasteiger partial charge in [0.05, 0.1) is 13.0 Å². The van der Waals surface area contributed by atoms with E-state index in [2.05, 4.69) is 0 Å². The summed E-state index contributed by atoms with van der Waals surface area (Å²) in [6.45, 7) is 1.61. The Kier molecular flexibility index (Phi) is 2.28. The minimum Gasteiger partial charge on any atom is -0.481 e. The topological polar surface area (TPSA) is 46.5 Å². The minimum absolute atomic E-state index is 0.0995. The average Bonchev–Trinajstić information content (AvgIpc) is 2.48. The lowest BCUT2D eigenvalue weighted by atomic mass is 9.59. The normalized spacial score (nSPS) is 31.2. The van der Waals surface area contributed by atoms with Crippen molar-refractivity contribution >= 4 is 5.97 Å². The van der Waals surface area contributed by atoms with Crippen LogP contribution >= 0.6 is 0 Å². The Bertz CT molecular complexity index is 202. The number of ether oxygens (including phenoxy) is 1. The fourth-order valence-electron chi connectivity index (χ4n) is 2.68. The van der Waals surface area contributed by atoms with Crippen LogP contribution < -0.4 is 0 Å². The Morgan fingerprint density at radius 3 is 2.69 bits per heavy atom. The highest BCUT2D eigenvalue weighted by Gasteiger charge is 2.46. The van der Waals surface area contributed by atoms with Gasteiger partial charge in [0.15, 0.2) is 0 Å². The summed E-state index contributed by atoms with van der Waals surface area (Å²) in [6, 6.07) is 0. The molecule has 0 radical (unpaired) electrons. The Morgan fingerprint density at radius 2 is 2.31 bits per heavy atom. The summed E-state index contributed by atoms with van der Waals surface area (Å²) in [6.07, 6.45) is 4.79. The van der Waals surface area contributed by atoms with Gasteiger partial charge in [0.1, 0.15) is 0 Å². The summed E-state index contributed by atoms with van der Waals surface area (Å²) < 4.78 is 5.33. The van der Waals surface area contributed by atoms with Gasteiger partial charge in [-0.15, -0.1) is 0 Å². The molecule has 3 heteroatoms. The molecule has 1 unspecified atom stereocenters. The van der Waals surface area contributed by atoms with Gasteiger partial charge in [-0.25, -0.2) is 0 Å². The van der Waals surface area contributed by atoms with Crippen molar-refractivity contribution in [2.75, 3.05) is 13.2 Å². The van der Waals surface area contributed by atoms with Gasteiger partial charge in [0.25, 0.3) is 0 Å². The van der Waals surface area contributed by atoms with E-state index >= 15 is 0 Å². The molecule has 2 rings (SSSR count). The van der Waals surface area contributed by atoms with Crippen LogP contribution in [0.25, 0.3) is 0 Å². The standard InChI is InChI=1S/C10H16O3/c11-9(12)6-10(3-1-4-10)8-2-5-13-7-8/h8H,1-7H2,(H,11,12). The number of carboxylic acids is 1. The van der Waals surface area contributed by atoms with Crippen molar-refractivity contribution in [3.8, 4) is 0 Å². The van der Waals surface area contributed by atoms with Gasteiger partial charge in [-0.1, -0.05) is 6.42 Å². The van der Waals surface area contributed by atoms with Gasteiger partial charge in [0, 0.05) is 6.61 Å². The molecule has 1 atom stereocenters. The van der Waals surface area contributed by atoms with Crippen LogP contribution in [0, 0.1) is 11.3 Å². The van der Waals surface area contributed by atoms with Crippen LogP contribution in [0.4, 0.5) is 0 Å². The Balaban J connectivity index is 2.01. The largest absolute Gasteiger partial charge is 0.481 e. The zero-order chi connectivity index (χ0) is 9.31. The molecule has 74 valence electrons. The lowest BCUT2D eigenvalue weighted by Crippen LogP contribution is -2.39. The third kappa shape index (κ3) is 1.57. The Labute approximate surface area is 78.1 Å². The quantitative estimate of drug-likeness (QED) is 0.725. The first-order chi connectivity index (χ1) is 6.23. The summed E-state index contributed by atoms with van der Waals surface area (Å²) in [4.78, 5) is 10.7. The molecule has 0 amide bonds. The zero-order valence-electron chi connectivity index (χ0n) is 7.79. The maximum absolute atomic E-state index is 10.7. The van der Waals surface area contributed by atoms with Crippen LogP contribution in [0.3, 0.4) is 0 Å². The molecular formula is C10H16O3. The molecule has 1 N–H and O–H groups in total. The third-order valence-corrected chi connectivity index (χ3v) is 3.65. The number of hydrogen-bond acceptors (Lipinski definition) is 2.